The molecular formula is C18H35N3O. The van der Waals surface area contributed by atoms with Crippen molar-refractivity contribution in [3.8, 4) is 0 Å². The third kappa shape index (κ3) is 4.92. The van der Waals surface area contributed by atoms with Gasteiger partial charge in [-0.1, -0.05) is 6.42 Å². The van der Waals surface area contributed by atoms with Gasteiger partial charge in [0.25, 0.3) is 0 Å². The zero-order chi connectivity index (χ0) is 15.2. The van der Waals surface area contributed by atoms with Crippen LogP contribution in [-0.4, -0.2) is 86.8 Å². The van der Waals surface area contributed by atoms with Crippen LogP contribution < -0.4 is 0 Å². The molecule has 0 saturated carbocycles. The van der Waals surface area contributed by atoms with Gasteiger partial charge in [-0.05, 0) is 58.2 Å². The Balaban J connectivity index is 1.25. The van der Waals surface area contributed by atoms with Crippen LogP contribution in [0, 0.1) is 5.92 Å². The summed E-state index contributed by atoms with van der Waals surface area (Å²) in [4.78, 5) is 7.81. The lowest BCUT2D eigenvalue weighted by molar-refractivity contribution is 0.00452. The van der Waals surface area contributed by atoms with Crippen LogP contribution >= 0.6 is 0 Å². The van der Waals surface area contributed by atoms with Gasteiger partial charge in [-0.25, -0.2) is 0 Å². The maximum atomic E-state index is 6.00. The number of hydrogen-bond acceptors (Lipinski definition) is 4. The van der Waals surface area contributed by atoms with Gasteiger partial charge in [-0.15, -0.1) is 0 Å². The molecule has 0 aromatic carbocycles. The average molecular weight is 309 g/mol. The summed E-state index contributed by atoms with van der Waals surface area (Å²) in [6, 6.07) is 0.814. The molecule has 1 unspecified atom stereocenters. The summed E-state index contributed by atoms with van der Waals surface area (Å²) in [5, 5.41) is 0. The zero-order valence-corrected chi connectivity index (χ0v) is 14.5. The summed E-state index contributed by atoms with van der Waals surface area (Å²) in [5.74, 6) is 0.773. The lowest BCUT2D eigenvalue weighted by atomic mass is 9.92. The molecule has 3 heterocycles. The molecule has 0 spiro atoms. The zero-order valence-electron chi connectivity index (χ0n) is 14.5. The highest BCUT2D eigenvalue weighted by Crippen LogP contribution is 2.24. The predicted octanol–water partition coefficient (Wildman–Crippen LogP) is 1.91. The van der Waals surface area contributed by atoms with E-state index in [4.69, 9.17) is 4.74 Å². The molecule has 0 bridgehead atoms. The first-order chi connectivity index (χ1) is 10.8. The molecule has 3 aliphatic rings. The van der Waals surface area contributed by atoms with E-state index in [1.807, 2.05) is 0 Å². The standard InChI is InChI=1S/C18H35N3O/c1-19-11-12-21-14-17(6-7-18(21)15-19)16-22-13-5-10-20-8-3-2-4-9-20/h17-18H,2-16H2,1H3/t17?,18-/m0/s1. The lowest BCUT2D eigenvalue weighted by Crippen LogP contribution is -2.55. The molecule has 0 aromatic rings. The maximum absolute atomic E-state index is 6.00. The van der Waals surface area contributed by atoms with Crippen LogP contribution in [0.15, 0.2) is 0 Å². The molecule has 0 radical (unpaired) electrons. The predicted molar refractivity (Wildman–Crippen MR) is 91.3 cm³/mol. The number of likely N-dealkylation sites (tertiary alicyclic amines) is 1. The van der Waals surface area contributed by atoms with E-state index >= 15 is 0 Å². The van der Waals surface area contributed by atoms with E-state index in [1.54, 1.807) is 0 Å². The minimum atomic E-state index is 0.773. The smallest absolute Gasteiger partial charge is 0.0506 e. The van der Waals surface area contributed by atoms with Crippen molar-refractivity contribution in [3.05, 3.63) is 0 Å². The molecule has 0 aliphatic carbocycles. The lowest BCUT2D eigenvalue weighted by Gasteiger charge is -2.45. The Bertz CT molecular complexity index is 319. The first-order valence-electron chi connectivity index (χ1n) is 9.54. The van der Waals surface area contributed by atoms with Crippen molar-refractivity contribution in [1.82, 2.24) is 14.7 Å². The van der Waals surface area contributed by atoms with Crippen molar-refractivity contribution in [2.45, 2.75) is 44.6 Å². The van der Waals surface area contributed by atoms with Crippen LogP contribution in [-0.2, 0) is 4.74 Å². The monoisotopic (exact) mass is 309 g/mol. The quantitative estimate of drug-likeness (QED) is 0.698. The molecule has 0 aromatic heterocycles. The minimum absolute atomic E-state index is 0.773. The van der Waals surface area contributed by atoms with E-state index in [0.717, 1.165) is 25.2 Å². The summed E-state index contributed by atoms with van der Waals surface area (Å²) in [6.45, 7) is 10.8. The van der Waals surface area contributed by atoms with Crippen LogP contribution in [0.3, 0.4) is 0 Å². The number of piperidine rings is 2. The van der Waals surface area contributed by atoms with Crippen molar-refractivity contribution in [2.24, 2.45) is 5.92 Å². The van der Waals surface area contributed by atoms with Crippen molar-refractivity contribution in [1.29, 1.82) is 0 Å². The molecule has 22 heavy (non-hydrogen) atoms. The highest BCUT2D eigenvalue weighted by Gasteiger charge is 2.31. The average Bonchev–Trinajstić information content (AvgIpc) is 2.55. The van der Waals surface area contributed by atoms with Gasteiger partial charge < -0.3 is 14.5 Å². The van der Waals surface area contributed by atoms with Gasteiger partial charge in [-0.3, -0.25) is 4.90 Å². The Morgan fingerprint density at radius 1 is 0.955 bits per heavy atom. The van der Waals surface area contributed by atoms with Crippen LogP contribution in [0.25, 0.3) is 0 Å². The summed E-state index contributed by atoms with van der Waals surface area (Å²) < 4.78 is 6.00. The van der Waals surface area contributed by atoms with E-state index in [1.165, 1.54) is 84.3 Å². The second kappa shape index (κ2) is 8.62. The first-order valence-corrected chi connectivity index (χ1v) is 9.54. The van der Waals surface area contributed by atoms with Gasteiger partial charge in [0.05, 0.1) is 6.61 Å². The normalized spacial score (nSPS) is 32.0. The highest BCUT2D eigenvalue weighted by molar-refractivity contribution is 4.87. The highest BCUT2D eigenvalue weighted by atomic mass is 16.5. The fourth-order valence-electron chi connectivity index (χ4n) is 4.37. The summed E-state index contributed by atoms with van der Waals surface area (Å²) >= 11 is 0. The van der Waals surface area contributed by atoms with Crippen molar-refractivity contribution in [2.75, 3.05) is 66.1 Å². The SMILES string of the molecule is CN1CCN2CC(COCCCN3CCCCC3)CC[C@H]2C1. The molecule has 128 valence electrons. The topological polar surface area (TPSA) is 19.0 Å². The molecule has 3 saturated heterocycles. The van der Waals surface area contributed by atoms with Gasteiger partial charge in [0.15, 0.2) is 0 Å². The molecule has 3 rings (SSSR count). The van der Waals surface area contributed by atoms with E-state index in [0.29, 0.717) is 0 Å². The van der Waals surface area contributed by atoms with Crippen LogP contribution in [0.1, 0.15) is 38.5 Å². The fraction of sp³-hybridized carbons (Fsp3) is 1.00. The van der Waals surface area contributed by atoms with E-state index < -0.39 is 0 Å². The Kier molecular flexibility index (Phi) is 6.54. The van der Waals surface area contributed by atoms with E-state index in [9.17, 15) is 0 Å². The van der Waals surface area contributed by atoms with Gasteiger partial charge in [0, 0.05) is 45.4 Å². The number of piperazine rings is 1. The molecule has 3 aliphatic heterocycles. The van der Waals surface area contributed by atoms with Gasteiger partial charge in [0.1, 0.15) is 0 Å². The number of rotatable bonds is 6. The maximum Gasteiger partial charge on any atom is 0.0506 e. The van der Waals surface area contributed by atoms with Crippen molar-refractivity contribution >= 4 is 0 Å². The van der Waals surface area contributed by atoms with Crippen molar-refractivity contribution in [3.63, 3.8) is 0 Å². The summed E-state index contributed by atoms with van der Waals surface area (Å²) in [7, 11) is 2.26. The second-order valence-corrected chi connectivity index (χ2v) is 7.69. The van der Waals surface area contributed by atoms with Crippen molar-refractivity contribution < 1.29 is 4.74 Å². The number of hydrogen-bond donors (Lipinski definition) is 0. The Labute approximate surface area is 136 Å². The first kappa shape index (κ1) is 16.7. The third-order valence-corrected chi connectivity index (χ3v) is 5.77. The second-order valence-electron chi connectivity index (χ2n) is 7.69. The molecule has 0 N–H and O–H groups in total. The molecular weight excluding hydrogens is 274 g/mol. The van der Waals surface area contributed by atoms with Gasteiger partial charge >= 0.3 is 0 Å². The molecule has 0 amide bonds. The van der Waals surface area contributed by atoms with Gasteiger partial charge in [-0.2, -0.15) is 0 Å². The third-order valence-electron chi connectivity index (χ3n) is 5.77. The largest absolute Gasteiger partial charge is 0.381 e. The molecule has 3 fully saturated rings. The van der Waals surface area contributed by atoms with E-state index in [-0.39, 0.29) is 0 Å². The number of likely N-dealkylation sites (N-methyl/N-ethyl adjacent to an activating group) is 1. The number of ether oxygens (including phenoxy) is 1. The Morgan fingerprint density at radius 2 is 1.82 bits per heavy atom. The van der Waals surface area contributed by atoms with Crippen LogP contribution in [0.5, 0.6) is 0 Å². The number of nitrogens with zero attached hydrogens (tertiary/aromatic N) is 3. The summed E-state index contributed by atoms with van der Waals surface area (Å²) in [6.07, 6.45) is 8.17. The van der Waals surface area contributed by atoms with Crippen LogP contribution in [0.2, 0.25) is 0 Å². The summed E-state index contributed by atoms with van der Waals surface area (Å²) in [5.41, 5.74) is 0. The Morgan fingerprint density at radius 3 is 2.68 bits per heavy atom. The number of fused-ring (bicyclic) bond motifs is 1. The van der Waals surface area contributed by atoms with E-state index in [2.05, 4.69) is 21.7 Å². The Hall–Kier alpha value is -0.160. The minimum Gasteiger partial charge on any atom is -0.381 e. The van der Waals surface area contributed by atoms with Crippen LogP contribution in [0.4, 0.5) is 0 Å². The fourth-order valence-corrected chi connectivity index (χ4v) is 4.37. The molecule has 4 nitrogen and oxygen atoms in total. The van der Waals surface area contributed by atoms with Gasteiger partial charge in [0.2, 0.25) is 0 Å². The molecule has 2 atom stereocenters. The molecule has 4 heteroatoms.